The molecule has 1 atom stereocenters. The predicted octanol–water partition coefficient (Wildman–Crippen LogP) is 2.85. The Kier molecular flexibility index (Phi) is 4.53. The molecule has 1 unspecified atom stereocenters. The van der Waals surface area contributed by atoms with Crippen molar-refractivity contribution in [2.24, 2.45) is 5.92 Å². The van der Waals surface area contributed by atoms with Gasteiger partial charge in [-0.15, -0.1) is 0 Å². The van der Waals surface area contributed by atoms with Crippen LogP contribution in [0.3, 0.4) is 0 Å². The number of carbonyl (C=O) groups excluding carboxylic acids is 1. The molecule has 16 heavy (non-hydrogen) atoms. The van der Waals surface area contributed by atoms with E-state index in [0.717, 1.165) is 12.1 Å². The summed E-state index contributed by atoms with van der Waals surface area (Å²) in [7, 11) is 0. The monoisotopic (exact) mass is 216 g/mol. The van der Waals surface area contributed by atoms with Crippen molar-refractivity contribution in [3.05, 3.63) is 29.8 Å². The highest BCUT2D eigenvalue weighted by Crippen LogP contribution is 2.12. The normalized spacial score (nSPS) is 11.6. The minimum Gasteiger partial charge on any atom is -0.384 e. The Labute approximate surface area is 96.1 Å². The molecule has 1 rings (SSSR count). The second-order valence-electron chi connectivity index (χ2n) is 3.75. The molecule has 84 valence electrons. The van der Waals surface area contributed by atoms with Gasteiger partial charge in [-0.3, -0.25) is 4.79 Å². The van der Waals surface area contributed by atoms with Crippen LogP contribution in [0.15, 0.2) is 24.3 Å². The first-order chi connectivity index (χ1) is 7.67. The molecular weight excluding hydrogens is 200 g/mol. The number of hydrogen-bond acceptors (Lipinski definition) is 3. The molecule has 0 amide bonds. The van der Waals surface area contributed by atoms with Crippen LogP contribution in [0.25, 0.3) is 0 Å². The van der Waals surface area contributed by atoms with Crippen LogP contribution in [0, 0.1) is 17.2 Å². The maximum absolute atomic E-state index is 11.2. The van der Waals surface area contributed by atoms with E-state index in [-0.39, 0.29) is 11.7 Å². The molecule has 0 fully saturated rings. The Bertz CT molecular complexity index is 407. The highest BCUT2D eigenvalue weighted by Gasteiger charge is 2.04. The summed E-state index contributed by atoms with van der Waals surface area (Å²) in [5.74, 6) is 0.0666. The van der Waals surface area contributed by atoms with E-state index in [0.29, 0.717) is 12.1 Å². The molecule has 1 N–H and O–H groups in total. The Morgan fingerprint density at radius 3 is 2.88 bits per heavy atom. The third kappa shape index (κ3) is 3.39. The second kappa shape index (κ2) is 5.92. The summed E-state index contributed by atoms with van der Waals surface area (Å²) in [5.41, 5.74) is 1.58. The van der Waals surface area contributed by atoms with E-state index in [1.54, 1.807) is 13.0 Å². The van der Waals surface area contributed by atoms with E-state index in [9.17, 15) is 4.79 Å². The summed E-state index contributed by atoms with van der Waals surface area (Å²) in [6.45, 7) is 4.15. The topological polar surface area (TPSA) is 52.9 Å². The lowest BCUT2D eigenvalue weighted by molar-refractivity contribution is 0.101. The van der Waals surface area contributed by atoms with Crippen LogP contribution in [0.5, 0.6) is 0 Å². The van der Waals surface area contributed by atoms with Crippen LogP contribution >= 0.6 is 0 Å². The van der Waals surface area contributed by atoms with Crippen molar-refractivity contribution >= 4 is 11.5 Å². The number of nitrogens with zero attached hydrogens (tertiary/aromatic N) is 1. The van der Waals surface area contributed by atoms with Crippen molar-refractivity contribution < 1.29 is 4.79 Å². The van der Waals surface area contributed by atoms with Crippen LogP contribution in [0.2, 0.25) is 0 Å². The van der Waals surface area contributed by atoms with Gasteiger partial charge < -0.3 is 5.32 Å². The molecule has 0 spiro atoms. The molecule has 1 aromatic carbocycles. The minimum atomic E-state index is 0.0148. The molecule has 0 radical (unpaired) electrons. The lowest BCUT2D eigenvalue weighted by atomic mass is 10.1. The van der Waals surface area contributed by atoms with Gasteiger partial charge in [0.15, 0.2) is 5.78 Å². The van der Waals surface area contributed by atoms with Gasteiger partial charge in [-0.05, 0) is 25.5 Å². The van der Waals surface area contributed by atoms with Crippen LogP contribution < -0.4 is 5.32 Å². The number of ketones is 1. The number of hydrogen-bond donors (Lipinski definition) is 1. The van der Waals surface area contributed by atoms with Gasteiger partial charge in [0.1, 0.15) is 0 Å². The standard InChI is InChI=1S/C13H16N2O/c1-3-11(8-14)9-15-13-6-4-5-12(7-13)10(2)16/h4-7,11,15H,3,9H2,1-2H3. The highest BCUT2D eigenvalue weighted by atomic mass is 16.1. The number of rotatable bonds is 5. The fraction of sp³-hybridized carbons (Fsp3) is 0.385. The lowest BCUT2D eigenvalue weighted by Crippen LogP contribution is -2.11. The molecule has 0 aliphatic rings. The summed E-state index contributed by atoms with van der Waals surface area (Å²) in [6.07, 6.45) is 0.829. The minimum absolute atomic E-state index is 0.0148. The van der Waals surface area contributed by atoms with Gasteiger partial charge in [-0.2, -0.15) is 5.26 Å². The van der Waals surface area contributed by atoms with Gasteiger partial charge in [0.25, 0.3) is 0 Å². The summed E-state index contributed by atoms with van der Waals surface area (Å²) in [6, 6.07) is 9.57. The smallest absolute Gasteiger partial charge is 0.159 e. The zero-order chi connectivity index (χ0) is 12.0. The largest absolute Gasteiger partial charge is 0.384 e. The summed E-state index contributed by atoms with van der Waals surface area (Å²) in [5, 5.41) is 12.0. The molecular formula is C13H16N2O. The van der Waals surface area contributed by atoms with Gasteiger partial charge in [-0.25, -0.2) is 0 Å². The Morgan fingerprint density at radius 2 is 2.31 bits per heavy atom. The number of Topliss-reactive ketones (excluding diaryl/α,β-unsaturated/α-hetero) is 1. The maximum Gasteiger partial charge on any atom is 0.159 e. The average molecular weight is 216 g/mol. The molecule has 0 saturated carbocycles. The Hall–Kier alpha value is -1.82. The molecule has 0 aliphatic heterocycles. The van der Waals surface area contributed by atoms with E-state index < -0.39 is 0 Å². The van der Waals surface area contributed by atoms with Crippen molar-refractivity contribution in [2.45, 2.75) is 20.3 Å². The van der Waals surface area contributed by atoms with Gasteiger partial charge >= 0.3 is 0 Å². The van der Waals surface area contributed by atoms with Crippen molar-refractivity contribution in [3.63, 3.8) is 0 Å². The molecule has 0 aromatic heterocycles. The zero-order valence-electron chi connectivity index (χ0n) is 9.66. The van der Waals surface area contributed by atoms with Crippen LogP contribution in [-0.2, 0) is 0 Å². The van der Waals surface area contributed by atoms with E-state index in [1.165, 1.54) is 0 Å². The Balaban J connectivity index is 2.64. The van der Waals surface area contributed by atoms with E-state index in [4.69, 9.17) is 5.26 Å². The first-order valence-electron chi connectivity index (χ1n) is 5.41. The summed E-state index contributed by atoms with van der Waals surface area (Å²) < 4.78 is 0. The van der Waals surface area contributed by atoms with Gasteiger partial charge in [0, 0.05) is 17.8 Å². The number of nitriles is 1. The van der Waals surface area contributed by atoms with E-state index in [1.807, 2.05) is 25.1 Å². The molecule has 3 nitrogen and oxygen atoms in total. The lowest BCUT2D eigenvalue weighted by Gasteiger charge is -2.10. The van der Waals surface area contributed by atoms with Gasteiger partial charge in [-0.1, -0.05) is 19.1 Å². The second-order valence-corrected chi connectivity index (χ2v) is 3.75. The molecule has 1 aromatic rings. The molecule has 0 saturated heterocycles. The SMILES string of the molecule is CCC(C#N)CNc1cccc(C(C)=O)c1. The van der Waals surface area contributed by atoms with Crippen molar-refractivity contribution in [1.29, 1.82) is 5.26 Å². The fourth-order valence-electron chi connectivity index (χ4n) is 1.37. The van der Waals surface area contributed by atoms with Gasteiger partial charge in [0.05, 0.1) is 12.0 Å². The number of benzene rings is 1. The Morgan fingerprint density at radius 1 is 1.56 bits per heavy atom. The third-order valence-electron chi connectivity index (χ3n) is 2.50. The van der Waals surface area contributed by atoms with Crippen molar-refractivity contribution in [1.82, 2.24) is 0 Å². The van der Waals surface area contributed by atoms with Crippen molar-refractivity contribution in [2.75, 3.05) is 11.9 Å². The summed E-state index contributed by atoms with van der Waals surface area (Å²) >= 11 is 0. The molecule has 3 heteroatoms. The van der Waals surface area contributed by atoms with E-state index >= 15 is 0 Å². The quantitative estimate of drug-likeness (QED) is 0.770. The summed E-state index contributed by atoms with van der Waals surface area (Å²) in [4.78, 5) is 11.2. The van der Waals surface area contributed by atoms with Crippen molar-refractivity contribution in [3.8, 4) is 6.07 Å². The molecule has 0 bridgehead atoms. The first-order valence-corrected chi connectivity index (χ1v) is 5.41. The van der Waals surface area contributed by atoms with Crippen LogP contribution in [0.1, 0.15) is 30.6 Å². The maximum atomic E-state index is 11.2. The van der Waals surface area contributed by atoms with E-state index in [2.05, 4.69) is 11.4 Å². The average Bonchev–Trinajstić information content (AvgIpc) is 2.31. The fourth-order valence-corrected chi connectivity index (χ4v) is 1.37. The number of anilines is 1. The predicted molar refractivity (Wildman–Crippen MR) is 64.3 cm³/mol. The number of nitrogens with one attached hydrogen (secondary N) is 1. The van der Waals surface area contributed by atoms with Gasteiger partial charge in [0.2, 0.25) is 0 Å². The molecule has 0 heterocycles. The van der Waals surface area contributed by atoms with Crippen LogP contribution in [0.4, 0.5) is 5.69 Å². The molecule has 0 aliphatic carbocycles. The first kappa shape index (κ1) is 12.3. The zero-order valence-corrected chi connectivity index (χ0v) is 9.66. The number of carbonyl (C=O) groups is 1. The third-order valence-corrected chi connectivity index (χ3v) is 2.50. The highest BCUT2D eigenvalue weighted by molar-refractivity contribution is 5.94. The van der Waals surface area contributed by atoms with Crippen LogP contribution in [-0.4, -0.2) is 12.3 Å².